The largest absolute Gasteiger partial charge is 0.481 e. The molecule has 1 aromatic carbocycles. The zero-order chi connectivity index (χ0) is 34.6. The predicted molar refractivity (Wildman–Crippen MR) is 169 cm³/mol. The summed E-state index contributed by atoms with van der Waals surface area (Å²) in [4.78, 5) is 45.5. The first-order chi connectivity index (χ1) is 22.1. The van der Waals surface area contributed by atoms with Crippen LogP contribution in [-0.2, 0) is 22.2 Å². The number of rotatable bonds is 12. The van der Waals surface area contributed by atoms with Crippen molar-refractivity contribution in [3.05, 3.63) is 86.3 Å². The van der Waals surface area contributed by atoms with Crippen molar-refractivity contribution >= 4 is 11.9 Å². The lowest BCUT2D eigenvalue weighted by Gasteiger charge is -2.31. The maximum absolute atomic E-state index is 14.1. The predicted octanol–water partition coefficient (Wildman–Crippen LogP) is 5.83. The molecule has 0 spiro atoms. The number of likely N-dealkylation sites (tertiary alicyclic amines) is 1. The van der Waals surface area contributed by atoms with Crippen LogP contribution >= 0.6 is 0 Å². The fraction of sp³-hybridized carbons (Fsp3) is 0.429. The second-order valence-electron chi connectivity index (χ2n) is 12.4. The normalized spacial score (nSPS) is 14.7. The van der Waals surface area contributed by atoms with Gasteiger partial charge in [0.25, 0.3) is 5.56 Å². The molecule has 0 radical (unpaired) electrons. The maximum Gasteiger partial charge on any atom is 0.416 e. The molecule has 12 heteroatoms. The fourth-order valence-electron chi connectivity index (χ4n) is 5.98. The first-order valence-corrected chi connectivity index (χ1v) is 15.4. The van der Waals surface area contributed by atoms with Gasteiger partial charge in [0, 0.05) is 30.6 Å². The average Bonchev–Trinajstić information content (AvgIpc) is 2.94. The summed E-state index contributed by atoms with van der Waals surface area (Å²) < 4.78 is 57.0. The molecule has 3 aromatic rings. The van der Waals surface area contributed by atoms with Gasteiger partial charge in [-0.2, -0.15) is 13.2 Å². The van der Waals surface area contributed by atoms with Crippen molar-refractivity contribution in [3.63, 3.8) is 0 Å². The Morgan fingerprint density at radius 2 is 1.79 bits per heavy atom. The van der Waals surface area contributed by atoms with Crippen LogP contribution in [0.2, 0.25) is 0 Å². The first kappa shape index (κ1) is 35.4. The zero-order valence-electron chi connectivity index (χ0n) is 26.7. The monoisotopic (exact) mass is 654 g/mol. The van der Waals surface area contributed by atoms with Crippen LogP contribution < -0.4 is 10.9 Å². The molecule has 1 amide bonds. The number of carboxylic acids is 1. The third-order valence-corrected chi connectivity index (χ3v) is 8.36. The number of aliphatic carboxylic acids is 1. The Kier molecular flexibility index (Phi) is 10.9. The third kappa shape index (κ3) is 8.46. The number of amides is 1. The average molecular weight is 655 g/mol. The number of aromatic nitrogens is 2. The lowest BCUT2D eigenvalue weighted by molar-refractivity contribution is -0.139. The van der Waals surface area contributed by atoms with Gasteiger partial charge in [-0.05, 0) is 104 Å². The molecule has 0 bridgehead atoms. The SMILES string of the molecule is C#Cc1ncc([C@H](CC(=O)O)NC(=O)[C@@H](CC(C)C)n2cc(CCN3CCC3)c(C(F)(F)F)cc2=O)cc1-c1c(C)cc(F)cc1C. The van der Waals surface area contributed by atoms with Crippen LogP contribution in [0.15, 0.2) is 41.5 Å². The number of carboxylic acid groups (broad SMARTS) is 1. The van der Waals surface area contributed by atoms with Crippen LogP contribution in [0.1, 0.15) is 78.7 Å². The number of alkyl halides is 3. The molecule has 2 N–H and O–H groups in total. The quantitative estimate of drug-likeness (QED) is 0.188. The van der Waals surface area contributed by atoms with E-state index in [2.05, 4.69) is 16.2 Å². The lowest BCUT2D eigenvalue weighted by atomic mass is 9.92. The Labute approximate surface area is 270 Å². The van der Waals surface area contributed by atoms with Crippen LogP contribution in [0.5, 0.6) is 0 Å². The number of nitrogens with one attached hydrogen (secondary N) is 1. The van der Waals surface area contributed by atoms with E-state index in [1.165, 1.54) is 18.3 Å². The number of halogens is 4. The Hall–Kier alpha value is -4.50. The minimum absolute atomic E-state index is 0.0327. The molecule has 1 fully saturated rings. The minimum Gasteiger partial charge on any atom is -0.481 e. The van der Waals surface area contributed by atoms with Crippen LogP contribution in [-0.4, -0.2) is 51.1 Å². The van der Waals surface area contributed by atoms with Gasteiger partial charge in [-0.3, -0.25) is 14.4 Å². The molecular weight excluding hydrogens is 616 g/mol. The molecule has 250 valence electrons. The lowest BCUT2D eigenvalue weighted by Crippen LogP contribution is -2.41. The van der Waals surface area contributed by atoms with E-state index in [0.29, 0.717) is 34.9 Å². The molecule has 2 atom stereocenters. The highest BCUT2D eigenvalue weighted by molar-refractivity contribution is 5.82. The standard InChI is InChI=1S/C35H38F4N4O4/c1-6-28-26(33-21(4)13-25(36)14-22(33)5)15-24(18-40-28)29(17-32(45)46)41-34(47)30(12-20(2)3)43-19-23(8-11-42-9-7-10-42)27(16-31(43)44)35(37,38)39/h1,13-16,18-20,29-30H,7-12,17H2,2-5H3,(H,41,47)(H,45,46)/t29-,30+/m0/s1. The second kappa shape index (κ2) is 14.5. The number of hydrogen-bond donors (Lipinski definition) is 2. The van der Waals surface area contributed by atoms with Gasteiger partial charge in [-0.1, -0.05) is 13.8 Å². The van der Waals surface area contributed by atoms with Crippen LogP contribution in [0.4, 0.5) is 17.6 Å². The molecular formula is C35H38F4N4O4. The summed E-state index contributed by atoms with van der Waals surface area (Å²) in [5.41, 5.74) is 0.568. The Balaban J connectivity index is 1.76. The summed E-state index contributed by atoms with van der Waals surface area (Å²) in [6.07, 6.45) is 3.93. The van der Waals surface area contributed by atoms with Crippen molar-refractivity contribution in [2.24, 2.45) is 5.92 Å². The fourth-order valence-corrected chi connectivity index (χ4v) is 5.98. The summed E-state index contributed by atoms with van der Waals surface area (Å²) in [7, 11) is 0. The smallest absolute Gasteiger partial charge is 0.416 e. The van der Waals surface area contributed by atoms with Gasteiger partial charge in [0.05, 0.1) is 18.0 Å². The third-order valence-electron chi connectivity index (χ3n) is 8.36. The molecule has 8 nitrogen and oxygen atoms in total. The molecule has 0 saturated carbocycles. The van der Waals surface area contributed by atoms with Gasteiger partial charge in [-0.15, -0.1) is 6.42 Å². The summed E-state index contributed by atoms with van der Waals surface area (Å²) in [5.74, 6) is -0.0858. The van der Waals surface area contributed by atoms with Gasteiger partial charge >= 0.3 is 12.1 Å². The summed E-state index contributed by atoms with van der Waals surface area (Å²) in [6.45, 7) is 8.94. The van der Waals surface area contributed by atoms with Crippen molar-refractivity contribution < 1.29 is 32.3 Å². The van der Waals surface area contributed by atoms with Crippen LogP contribution in [0, 0.1) is 37.9 Å². The highest BCUT2D eigenvalue weighted by atomic mass is 19.4. The Bertz CT molecular complexity index is 1730. The summed E-state index contributed by atoms with van der Waals surface area (Å²) in [5, 5.41) is 12.5. The molecule has 0 aliphatic carbocycles. The summed E-state index contributed by atoms with van der Waals surface area (Å²) in [6, 6.07) is 2.42. The van der Waals surface area contributed by atoms with Crippen molar-refractivity contribution in [2.45, 2.75) is 71.6 Å². The maximum atomic E-state index is 14.1. The highest BCUT2D eigenvalue weighted by Crippen LogP contribution is 2.34. The van der Waals surface area contributed by atoms with E-state index >= 15 is 0 Å². The number of carbonyl (C=O) groups is 2. The molecule has 4 rings (SSSR count). The van der Waals surface area contributed by atoms with E-state index in [1.807, 2.05) is 4.90 Å². The Morgan fingerprint density at radius 3 is 2.32 bits per heavy atom. The van der Waals surface area contributed by atoms with Crippen LogP contribution in [0.3, 0.4) is 0 Å². The number of pyridine rings is 2. The molecule has 3 heterocycles. The topological polar surface area (TPSA) is 105 Å². The Morgan fingerprint density at radius 1 is 1.13 bits per heavy atom. The van der Waals surface area contributed by atoms with Gasteiger partial charge in [0.2, 0.25) is 5.91 Å². The van der Waals surface area contributed by atoms with E-state index in [4.69, 9.17) is 6.42 Å². The minimum atomic E-state index is -4.76. The van der Waals surface area contributed by atoms with E-state index in [0.717, 1.165) is 30.3 Å². The van der Waals surface area contributed by atoms with Crippen LogP contribution in [0.25, 0.3) is 11.1 Å². The van der Waals surface area contributed by atoms with Gasteiger partial charge in [-0.25, -0.2) is 9.37 Å². The van der Waals surface area contributed by atoms with Gasteiger partial charge in [0.1, 0.15) is 17.6 Å². The molecule has 1 saturated heterocycles. The number of terminal acetylenes is 1. The number of aryl methyl sites for hydroxylation is 2. The second-order valence-corrected chi connectivity index (χ2v) is 12.4. The zero-order valence-corrected chi connectivity index (χ0v) is 26.7. The van der Waals surface area contributed by atoms with Crippen molar-refractivity contribution in [1.29, 1.82) is 0 Å². The highest BCUT2D eigenvalue weighted by Gasteiger charge is 2.36. The van der Waals surface area contributed by atoms with E-state index < -0.39 is 53.5 Å². The molecule has 1 aliphatic heterocycles. The number of hydrogen-bond acceptors (Lipinski definition) is 5. The van der Waals surface area contributed by atoms with Crippen molar-refractivity contribution in [3.8, 4) is 23.5 Å². The molecule has 1 aliphatic rings. The number of benzene rings is 1. The molecule has 2 aromatic heterocycles. The van der Waals surface area contributed by atoms with E-state index in [1.54, 1.807) is 33.8 Å². The number of nitrogens with zero attached hydrogens (tertiary/aromatic N) is 3. The van der Waals surface area contributed by atoms with Crippen molar-refractivity contribution in [2.75, 3.05) is 19.6 Å². The van der Waals surface area contributed by atoms with Gasteiger partial charge in [0.15, 0.2) is 0 Å². The number of carbonyl (C=O) groups excluding carboxylic acids is 1. The molecule has 47 heavy (non-hydrogen) atoms. The summed E-state index contributed by atoms with van der Waals surface area (Å²) >= 11 is 0. The van der Waals surface area contributed by atoms with E-state index in [9.17, 15) is 37.1 Å². The molecule has 0 unspecified atom stereocenters. The van der Waals surface area contributed by atoms with E-state index in [-0.39, 0.29) is 35.6 Å². The first-order valence-electron chi connectivity index (χ1n) is 15.4. The van der Waals surface area contributed by atoms with Gasteiger partial charge < -0.3 is 19.9 Å². The van der Waals surface area contributed by atoms with Crippen molar-refractivity contribution in [1.82, 2.24) is 19.8 Å².